The van der Waals surface area contributed by atoms with Crippen LogP contribution in [0.4, 0.5) is 11.4 Å². The SMILES string of the molecule is CN1C(=O)COc2c(NC(=O)CCCCc3cccs3)cccc21. The zero-order valence-electron chi connectivity index (χ0n) is 13.6. The summed E-state index contributed by atoms with van der Waals surface area (Å²) in [6.07, 6.45) is 3.33. The Hall–Kier alpha value is -2.34. The quantitative estimate of drug-likeness (QED) is 0.817. The second-order valence-electron chi connectivity index (χ2n) is 5.73. The number of para-hydroxylation sites is 1. The van der Waals surface area contributed by atoms with Crippen molar-refractivity contribution < 1.29 is 14.3 Å². The number of anilines is 2. The molecule has 1 aliphatic rings. The van der Waals surface area contributed by atoms with Crippen molar-refractivity contribution in [2.45, 2.75) is 25.7 Å². The number of carbonyl (C=O) groups is 2. The van der Waals surface area contributed by atoms with Crippen LogP contribution in [0.25, 0.3) is 0 Å². The fraction of sp³-hybridized carbons (Fsp3) is 0.333. The standard InChI is InChI=1S/C18H20N2O3S/c1-20-15-9-4-8-14(18(15)23-12-17(20)22)19-16(21)10-3-2-6-13-7-5-11-24-13/h4-5,7-9,11H,2-3,6,10,12H2,1H3,(H,19,21). The average Bonchev–Trinajstić information content (AvgIpc) is 3.09. The molecule has 0 bridgehead atoms. The van der Waals surface area contributed by atoms with Gasteiger partial charge in [-0.2, -0.15) is 0 Å². The number of rotatable bonds is 6. The molecule has 1 N–H and O–H groups in total. The Morgan fingerprint density at radius 3 is 2.96 bits per heavy atom. The van der Waals surface area contributed by atoms with Crippen LogP contribution in [0.15, 0.2) is 35.7 Å². The number of fused-ring (bicyclic) bond motifs is 1. The lowest BCUT2D eigenvalue weighted by atomic mass is 10.1. The lowest BCUT2D eigenvalue weighted by Crippen LogP contribution is -2.35. The van der Waals surface area contributed by atoms with Gasteiger partial charge in [0, 0.05) is 18.3 Å². The number of ether oxygens (including phenoxy) is 1. The zero-order valence-corrected chi connectivity index (χ0v) is 14.4. The first-order valence-corrected chi connectivity index (χ1v) is 8.87. The summed E-state index contributed by atoms with van der Waals surface area (Å²) in [7, 11) is 1.71. The van der Waals surface area contributed by atoms with Gasteiger partial charge < -0.3 is 15.0 Å². The van der Waals surface area contributed by atoms with Crippen LogP contribution >= 0.6 is 11.3 Å². The molecule has 0 saturated carbocycles. The molecule has 1 aliphatic heterocycles. The van der Waals surface area contributed by atoms with Crippen molar-refractivity contribution >= 4 is 34.5 Å². The summed E-state index contributed by atoms with van der Waals surface area (Å²) in [6.45, 7) is -0.00278. The van der Waals surface area contributed by atoms with E-state index in [9.17, 15) is 9.59 Å². The Labute approximate surface area is 145 Å². The molecule has 0 spiro atoms. The van der Waals surface area contributed by atoms with E-state index in [0.29, 0.717) is 23.5 Å². The summed E-state index contributed by atoms with van der Waals surface area (Å²) in [5.41, 5.74) is 1.30. The van der Waals surface area contributed by atoms with Gasteiger partial charge in [-0.25, -0.2) is 0 Å². The van der Waals surface area contributed by atoms with Gasteiger partial charge in [0.15, 0.2) is 12.4 Å². The number of aryl methyl sites for hydroxylation is 1. The summed E-state index contributed by atoms with van der Waals surface area (Å²) < 4.78 is 5.51. The molecule has 2 amide bonds. The molecule has 0 atom stereocenters. The molecule has 126 valence electrons. The number of nitrogens with one attached hydrogen (secondary N) is 1. The zero-order chi connectivity index (χ0) is 16.9. The fourth-order valence-corrected chi connectivity index (χ4v) is 3.41. The van der Waals surface area contributed by atoms with Crippen molar-refractivity contribution in [2.75, 3.05) is 23.9 Å². The third kappa shape index (κ3) is 3.76. The van der Waals surface area contributed by atoms with Crippen LogP contribution in [0.2, 0.25) is 0 Å². The third-order valence-electron chi connectivity index (χ3n) is 4.00. The lowest BCUT2D eigenvalue weighted by molar-refractivity contribution is -0.121. The van der Waals surface area contributed by atoms with Crippen LogP contribution in [0.5, 0.6) is 5.75 Å². The number of amides is 2. The summed E-state index contributed by atoms with van der Waals surface area (Å²) >= 11 is 1.75. The second-order valence-corrected chi connectivity index (χ2v) is 6.76. The van der Waals surface area contributed by atoms with Gasteiger partial charge in [0.25, 0.3) is 5.91 Å². The molecular weight excluding hydrogens is 324 g/mol. The number of hydrogen-bond donors (Lipinski definition) is 1. The minimum absolute atomic E-state index is 0.00278. The molecule has 6 heteroatoms. The van der Waals surface area contributed by atoms with Gasteiger partial charge >= 0.3 is 0 Å². The number of nitrogens with zero attached hydrogens (tertiary/aromatic N) is 1. The van der Waals surface area contributed by atoms with Crippen LogP contribution < -0.4 is 15.0 Å². The molecule has 0 unspecified atom stereocenters. The minimum Gasteiger partial charge on any atom is -0.479 e. The maximum Gasteiger partial charge on any atom is 0.264 e. The lowest BCUT2D eigenvalue weighted by Gasteiger charge is -2.27. The predicted molar refractivity (Wildman–Crippen MR) is 95.9 cm³/mol. The second kappa shape index (κ2) is 7.49. The molecule has 0 aliphatic carbocycles. The van der Waals surface area contributed by atoms with E-state index in [4.69, 9.17) is 4.74 Å². The highest BCUT2D eigenvalue weighted by Gasteiger charge is 2.24. The van der Waals surface area contributed by atoms with Crippen LogP contribution in [0, 0.1) is 0 Å². The molecule has 5 nitrogen and oxygen atoms in total. The smallest absolute Gasteiger partial charge is 0.264 e. The molecule has 1 aromatic carbocycles. The van der Waals surface area contributed by atoms with Gasteiger partial charge in [0.05, 0.1) is 11.4 Å². The van der Waals surface area contributed by atoms with Crippen molar-refractivity contribution in [2.24, 2.45) is 0 Å². The number of likely N-dealkylation sites (N-methyl/N-ethyl adjacent to an activating group) is 1. The van der Waals surface area contributed by atoms with Crippen molar-refractivity contribution in [1.82, 2.24) is 0 Å². The molecular formula is C18H20N2O3S. The predicted octanol–water partition coefficient (Wildman–Crippen LogP) is 3.45. The van der Waals surface area contributed by atoms with Crippen LogP contribution in [0.1, 0.15) is 24.1 Å². The van der Waals surface area contributed by atoms with Gasteiger partial charge in [0.1, 0.15) is 0 Å². The first-order chi connectivity index (χ1) is 11.6. The maximum atomic E-state index is 12.2. The molecule has 24 heavy (non-hydrogen) atoms. The molecule has 0 saturated heterocycles. The Kier molecular flexibility index (Phi) is 5.15. The van der Waals surface area contributed by atoms with E-state index in [1.54, 1.807) is 29.4 Å². The molecule has 2 heterocycles. The van der Waals surface area contributed by atoms with Crippen molar-refractivity contribution in [3.8, 4) is 5.75 Å². The highest BCUT2D eigenvalue weighted by atomic mass is 32.1. The Balaban J connectivity index is 1.54. The van der Waals surface area contributed by atoms with Gasteiger partial charge in [-0.1, -0.05) is 12.1 Å². The van der Waals surface area contributed by atoms with Gasteiger partial charge in [-0.15, -0.1) is 11.3 Å². The van der Waals surface area contributed by atoms with Gasteiger partial charge in [0.2, 0.25) is 5.91 Å². The number of unbranched alkanes of at least 4 members (excludes halogenated alkanes) is 1. The Morgan fingerprint density at radius 1 is 1.29 bits per heavy atom. The first kappa shape index (κ1) is 16.5. The van der Waals surface area contributed by atoms with E-state index in [1.807, 2.05) is 18.2 Å². The third-order valence-corrected chi connectivity index (χ3v) is 4.94. The van der Waals surface area contributed by atoms with E-state index in [-0.39, 0.29) is 18.4 Å². The summed E-state index contributed by atoms with van der Waals surface area (Å²) in [5.74, 6) is 0.434. The molecule has 1 aromatic heterocycles. The highest BCUT2D eigenvalue weighted by molar-refractivity contribution is 7.09. The summed E-state index contributed by atoms with van der Waals surface area (Å²) in [5, 5.41) is 4.97. The molecule has 2 aromatic rings. The average molecular weight is 344 g/mol. The van der Waals surface area contributed by atoms with Crippen molar-refractivity contribution in [3.05, 3.63) is 40.6 Å². The van der Waals surface area contributed by atoms with Crippen molar-refractivity contribution in [3.63, 3.8) is 0 Å². The van der Waals surface area contributed by atoms with E-state index >= 15 is 0 Å². The highest BCUT2D eigenvalue weighted by Crippen LogP contribution is 2.38. The topological polar surface area (TPSA) is 58.6 Å². The molecule has 0 fully saturated rings. The number of carbonyl (C=O) groups excluding carboxylic acids is 2. The number of benzene rings is 1. The van der Waals surface area contributed by atoms with E-state index in [1.165, 1.54) is 4.88 Å². The minimum atomic E-state index is -0.0976. The largest absolute Gasteiger partial charge is 0.479 e. The van der Waals surface area contributed by atoms with Crippen LogP contribution in [0.3, 0.4) is 0 Å². The van der Waals surface area contributed by atoms with Crippen LogP contribution in [-0.4, -0.2) is 25.5 Å². The van der Waals surface area contributed by atoms with Gasteiger partial charge in [-0.05, 0) is 42.8 Å². The fourth-order valence-electron chi connectivity index (χ4n) is 2.66. The van der Waals surface area contributed by atoms with Crippen LogP contribution in [-0.2, 0) is 16.0 Å². The molecule has 3 rings (SSSR count). The van der Waals surface area contributed by atoms with E-state index in [0.717, 1.165) is 19.3 Å². The maximum absolute atomic E-state index is 12.2. The van der Waals surface area contributed by atoms with Gasteiger partial charge in [-0.3, -0.25) is 9.59 Å². The molecule has 0 radical (unpaired) electrons. The normalized spacial score (nSPS) is 13.4. The van der Waals surface area contributed by atoms with Crippen molar-refractivity contribution in [1.29, 1.82) is 0 Å². The monoisotopic (exact) mass is 344 g/mol. The Morgan fingerprint density at radius 2 is 2.17 bits per heavy atom. The van der Waals surface area contributed by atoms with E-state index in [2.05, 4.69) is 16.8 Å². The summed E-state index contributed by atoms with van der Waals surface area (Å²) in [4.78, 5) is 26.7. The summed E-state index contributed by atoms with van der Waals surface area (Å²) in [6, 6.07) is 9.59. The Bertz CT molecular complexity index is 728. The number of hydrogen-bond acceptors (Lipinski definition) is 4. The van der Waals surface area contributed by atoms with E-state index < -0.39 is 0 Å². The first-order valence-electron chi connectivity index (χ1n) is 8.00. The number of thiophene rings is 1.